The third kappa shape index (κ3) is 2.51. The Morgan fingerprint density at radius 3 is 2.62 bits per heavy atom. The highest BCUT2D eigenvalue weighted by molar-refractivity contribution is 6.33. The summed E-state index contributed by atoms with van der Waals surface area (Å²) < 4.78 is 0. The number of carbonyl (C=O) groups excluding carboxylic acids is 1. The molecule has 2 N–H and O–H groups in total. The van der Waals surface area contributed by atoms with E-state index in [1.165, 1.54) is 0 Å². The summed E-state index contributed by atoms with van der Waals surface area (Å²) in [5.41, 5.74) is 0.387. The number of fused-ring (bicyclic) bond motifs is 1. The largest absolute Gasteiger partial charge is 0.319 e. The molecule has 0 saturated heterocycles. The second-order valence-corrected chi connectivity index (χ2v) is 4.79. The van der Waals surface area contributed by atoms with Gasteiger partial charge in [-0.15, -0.1) is 0 Å². The van der Waals surface area contributed by atoms with Crippen molar-refractivity contribution in [2.24, 2.45) is 0 Å². The quantitative estimate of drug-likeness (QED) is 0.764. The van der Waals surface area contributed by atoms with Crippen molar-refractivity contribution in [1.82, 2.24) is 10.2 Å². The molecule has 104 valence electrons. The van der Waals surface area contributed by atoms with Crippen molar-refractivity contribution in [2.75, 3.05) is 5.32 Å². The first-order chi connectivity index (χ1) is 10.2. The molecular formula is C15H10ClN3O2. The molecule has 0 atom stereocenters. The monoisotopic (exact) mass is 299 g/mol. The number of hydrogen-bond donors (Lipinski definition) is 2. The van der Waals surface area contributed by atoms with Crippen LogP contribution in [0.1, 0.15) is 10.5 Å². The Labute approximate surface area is 124 Å². The maximum absolute atomic E-state index is 12.3. The fourth-order valence-corrected chi connectivity index (χ4v) is 2.15. The van der Waals surface area contributed by atoms with Crippen LogP contribution in [0.15, 0.2) is 53.3 Å². The van der Waals surface area contributed by atoms with Crippen LogP contribution in [0.5, 0.6) is 0 Å². The topological polar surface area (TPSA) is 74.8 Å². The zero-order valence-corrected chi connectivity index (χ0v) is 11.5. The molecule has 0 saturated carbocycles. The van der Waals surface area contributed by atoms with Crippen molar-refractivity contribution in [1.29, 1.82) is 0 Å². The van der Waals surface area contributed by atoms with Gasteiger partial charge in [0, 0.05) is 5.39 Å². The van der Waals surface area contributed by atoms with Gasteiger partial charge in [-0.05, 0) is 24.3 Å². The van der Waals surface area contributed by atoms with Gasteiger partial charge in [0.05, 0.1) is 16.2 Å². The lowest BCUT2D eigenvalue weighted by Crippen LogP contribution is -2.24. The van der Waals surface area contributed by atoms with Gasteiger partial charge in [0.1, 0.15) is 0 Å². The normalized spacial score (nSPS) is 10.5. The molecule has 3 rings (SSSR count). The molecule has 2 aromatic carbocycles. The molecule has 5 nitrogen and oxygen atoms in total. The van der Waals surface area contributed by atoms with Crippen LogP contribution < -0.4 is 10.7 Å². The predicted molar refractivity (Wildman–Crippen MR) is 81.8 cm³/mol. The molecule has 1 aromatic heterocycles. The third-order valence-electron chi connectivity index (χ3n) is 3.01. The average molecular weight is 300 g/mol. The van der Waals surface area contributed by atoms with Crippen LogP contribution >= 0.6 is 11.6 Å². The van der Waals surface area contributed by atoms with Crippen LogP contribution in [-0.2, 0) is 0 Å². The molecule has 0 spiro atoms. The first kappa shape index (κ1) is 13.3. The minimum absolute atomic E-state index is 0.200. The molecule has 1 heterocycles. The minimum Gasteiger partial charge on any atom is -0.319 e. The van der Waals surface area contributed by atoms with Crippen molar-refractivity contribution >= 4 is 34.1 Å². The predicted octanol–water partition coefficient (Wildman–Crippen LogP) is 2.83. The Kier molecular flexibility index (Phi) is 3.41. The summed E-state index contributed by atoms with van der Waals surface area (Å²) in [5.74, 6) is -0.602. The van der Waals surface area contributed by atoms with Crippen molar-refractivity contribution in [3.05, 3.63) is 69.5 Å². The summed E-state index contributed by atoms with van der Waals surface area (Å²) in [5, 5.41) is 9.92. The number of H-pyrrole nitrogens is 1. The highest BCUT2D eigenvalue weighted by atomic mass is 35.5. The summed E-state index contributed by atoms with van der Waals surface area (Å²) in [7, 11) is 0. The number of halogens is 1. The Bertz CT molecular complexity index is 889. The van der Waals surface area contributed by atoms with Crippen LogP contribution in [-0.4, -0.2) is 16.1 Å². The lowest BCUT2D eigenvalue weighted by atomic mass is 10.2. The number of rotatable bonds is 2. The van der Waals surface area contributed by atoms with Gasteiger partial charge in [-0.2, -0.15) is 5.10 Å². The zero-order valence-electron chi connectivity index (χ0n) is 10.8. The summed E-state index contributed by atoms with van der Waals surface area (Å²) in [4.78, 5) is 24.4. The number of aromatic amines is 1. The van der Waals surface area contributed by atoms with E-state index in [4.69, 9.17) is 11.6 Å². The molecule has 0 aliphatic heterocycles. The summed E-state index contributed by atoms with van der Waals surface area (Å²) in [6.45, 7) is 0. The smallest absolute Gasteiger partial charge is 0.280 e. The number of nitrogens with one attached hydrogen (secondary N) is 2. The number of carbonyl (C=O) groups is 1. The van der Waals surface area contributed by atoms with Crippen LogP contribution in [0.4, 0.5) is 5.69 Å². The Balaban J connectivity index is 2.01. The number of anilines is 1. The Hall–Kier alpha value is -2.66. The van der Waals surface area contributed by atoms with E-state index in [2.05, 4.69) is 15.5 Å². The molecule has 0 bridgehead atoms. The lowest BCUT2D eigenvalue weighted by Gasteiger charge is -2.06. The second kappa shape index (κ2) is 5.38. The first-order valence-corrected chi connectivity index (χ1v) is 6.58. The van der Waals surface area contributed by atoms with E-state index in [9.17, 15) is 9.59 Å². The van der Waals surface area contributed by atoms with Crippen molar-refractivity contribution in [2.45, 2.75) is 0 Å². The fourth-order valence-electron chi connectivity index (χ4n) is 1.97. The number of aromatic nitrogens is 2. The van der Waals surface area contributed by atoms with Gasteiger partial charge in [-0.3, -0.25) is 14.7 Å². The fraction of sp³-hybridized carbons (Fsp3) is 0. The lowest BCUT2D eigenvalue weighted by molar-refractivity contribution is 0.102. The standard InChI is InChI=1S/C15H10ClN3O2/c16-10-6-2-4-8-12(10)17-15(21)13-14(20)9-5-1-3-7-11(9)18-19-13/h1-8H,(H,17,21)(H,18,20). The van der Waals surface area contributed by atoms with Gasteiger partial charge in [0.2, 0.25) is 5.43 Å². The van der Waals surface area contributed by atoms with E-state index >= 15 is 0 Å². The molecule has 0 radical (unpaired) electrons. The number of para-hydroxylation sites is 2. The molecule has 0 fully saturated rings. The molecule has 21 heavy (non-hydrogen) atoms. The molecule has 0 aliphatic rings. The van der Waals surface area contributed by atoms with Gasteiger partial charge in [0.25, 0.3) is 5.91 Å². The van der Waals surface area contributed by atoms with Crippen LogP contribution in [0, 0.1) is 0 Å². The van der Waals surface area contributed by atoms with Gasteiger partial charge in [0.15, 0.2) is 5.69 Å². The van der Waals surface area contributed by atoms with Gasteiger partial charge in [-0.1, -0.05) is 35.9 Å². The number of amides is 1. The number of benzene rings is 2. The van der Waals surface area contributed by atoms with Crippen molar-refractivity contribution in [3.63, 3.8) is 0 Å². The van der Waals surface area contributed by atoms with Gasteiger partial charge >= 0.3 is 0 Å². The first-order valence-electron chi connectivity index (χ1n) is 6.20. The van der Waals surface area contributed by atoms with Crippen LogP contribution in [0.3, 0.4) is 0 Å². The van der Waals surface area contributed by atoms with E-state index in [1.54, 1.807) is 48.5 Å². The van der Waals surface area contributed by atoms with Gasteiger partial charge in [-0.25, -0.2) is 0 Å². The number of hydrogen-bond acceptors (Lipinski definition) is 3. The Morgan fingerprint density at radius 2 is 1.81 bits per heavy atom. The minimum atomic E-state index is -0.602. The van der Waals surface area contributed by atoms with Crippen LogP contribution in [0.2, 0.25) is 5.02 Å². The Morgan fingerprint density at radius 1 is 1.10 bits per heavy atom. The van der Waals surface area contributed by atoms with Crippen molar-refractivity contribution < 1.29 is 4.79 Å². The highest BCUT2D eigenvalue weighted by Crippen LogP contribution is 2.20. The van der Waals surface area contributed by atoms with E-state index in [0.29, 0.717) is 21.6 Å². The summed E-state index contributed by atoms with van der Waals surface area (Å²) in [6.07, 6.45) is 0. The molecule has 6 heteroatoms. The average Bonchev–Trinajstić information content (AvgIpc) is 2.50. The molecule has 3 aromatic rings. The zero-order chi connectivity index (χ0) is 14.8. The molecular weight excluding hydrogens is 290 g/mol. The molecule has 1 amide bonds. The SMILES string of the molecule is O=C(Nc1ccccc1Cl)c1n[nH]c2ccccc2c1=O. The third-order valence-corrected chi connectivity index (χ3v) is 3.34. The summed E-state index contributed by atoms with van der Waals surface area (Å²) in [6, 6.07) is 13.7. The maximum atomic E-state index is 12.3. The van der Waals surface area contributed by atoms with Gasteiger partial charge < -0.3 is 5.32 Å². The van der Waals surface area contributed by atoms with E-state index in [-0.39, 0.29) is 5.69 Å². The van der Waals surface area contributed by atoms with Crippen LogP contribution in [0.25, 0.3) is 10.9 Å². The molecule has 0 unspecified atom stereocenters. The maximum Gasteiger partial charge on any atom is 0.280 e. The second-order valence-electron chi connectivity index (χ2n) is 4.38. The highest BCUT2D eigenvalue weighted by Gasteiger charge is 2.15. The van der Waals surface area contributed by atoms with E-state index < -0.39 is 11.3 Å². The van der Waals surface area contributed by atoms with Crippen molar-refractivity contribution in [3.8, 4) is 0 Å². The molecule has 0 aliphatic carbocycles. The van der Waals surface area contributed by atoms with E-state index in [0.717, 1.165) is 0 Å². The van der Waals surface area contributed by atoms with E-state index in [1.807, 2.05) is 0 Å². The number of nitrogens with zero attached hydrogens (tertiary/aromatic N) is 1. The summed E-state index contributed by atoms with van der Waals surface area (Å²) >= 11 is 5.97.